The van der Waals surface area contributed by atoms with Crippen molar-refractivity contribution < 1.29 is 9.53 Å². The number of hydrogen-bond donors (Lipinski definition) is 1. The third-order valence-electron chi connectivity index (χ3n) is 4.83. The normalized spacial score (nSPS) is 15.2. The van der Waals surface area contributed by atoms with Crippen LogP contribution >= 0.6 is 0 Å². The summed E-state index contributed by atoms with van der Waals surface area (Å²) in [4.78, 5) is 14.5. The second kappa shape index (κ2) is 8.56. The van der Waals surface area contributed by atoms with Gasteiger partial charge in [-0.25, -0.2) is 0 Å². The van der Waals surface area contributed by atoms with Gasteiger partial charge in [0.05, 0.1) is 7.11 Å². The zero-order chi connectivity index (χ0) is 18.4. The first kappa shape index (κ1) is 18.1. The van der Waals surface area contributed by atoms with Crippen LogP contribution in [-0.2, 0) is 4.79 Å². The minimum absolute atomic E-state index is 0.139. The molecule has 0 radical (unpaired) electrons. The predicted octanol–water partition coefficient (Wildman–Crippen LogP) is 4.58. The fourth-order valence-corrected chi connectivity index (χ4v) is 3.09. The van der Waals surface area contributed by atoms with Gasteiger partial charge >= 0.3 is 0 Å². The van der Waals surface area contributed by atoms with Crippen LogP contribution < -0.4 is 15.0 Å². The lowest BCUT2D eigenvalue weighted by Crippen LogP contribution is -2.32. The number of carbonyl (C=O) groups is 1. The lowest BCUT2D eigenvalue weighted by molar-refractivity contribution is -0.111. The van der Waals surface area contributed by atoms with Crippen LogP contribution in [0.4, 0.5) is 11.4 Å². The molecule has 1 aliphatic heterocycles. The Kier molecular flexibility index (Phi) is 5.95. The fourth-order valence-electron chi connectivity index (χ4n) is 3.09. The molecule has 1 fully saturated rings. The average molecular weight is 350 g/mol. The molecule has 3 rings (SSSR count). The highest BCUT2D eigenvalue weighted by Gasteiger charge is 2.15. The maximum absolute atomic E-state index is 12.1. The maximum Gasteiger partial charge on any atom is 0.248 e. The van der Waals surface area contributed by atoms with Crippen molar-refractivity contribution in [2.75, 3.05) is 30.4 Å². The van der Waals surface area contributed by atoms with Crippen molar-refractivity contribution in [2.24, 2.45) is 5.92 Å². The van der Waals surface area contributed by atoms with E-state index in [4.69, 9.17) is 4.74 Å². The summed E-state index contributed by atoms with van der Waals surface area (Å²) >= 11 is 0. The first-order valence-corrected chi connectivity index (χ1v) is 9.12. The van der Waals surface area contributed by atoms with E-state index in [1.54, 1.807) is 19.3 Å². The van der Waals surface area contributed by atoms with Gasteiger partial charge in [0, 0.05) is 30.5 Å². The fraction of sp³-hybridized carbons (Fsp3) is 0.318. The molecule has 0 bridgehead atoms. The second-order valence-electron chi connectivity index (χ2n) is 6.81. The van der Waals surface area contributed by atoms with Crippen molar-refractivity contribution in [3.05, 3.63) is 60.2 Å². The molecule has 136 valence electrons. The summed E-state index contributed by atoms with van der Waals surface area (Å²) in [7, 11) is 1.63. The molecule has 0 unspecified atom stereocenters. The van der Waals surface area contributed by atoms with Crippen molar-refractivity contribution in [3.8, 4) is 5.75 Å². The lowest BCUT2D eigenvalue weighted by atomic mass is 9.99. The first-order valence-electron chi connectivity index (χ1n) is 9.12. The van der Waals surface area contributed by atoms with Gasteiger partial charge in [-0.3, -0.25) is 4.79 Å². The number of nitrogens with zero attached hydrogens (tertiary/aromatic N) is 1. The molecule has 1 amide bonds. The van der Waals surface area contributed by atoms with Crippen LogP contribution in [-0.4, -0.2) is 26.1 Å². The van der Waals surface area contributed by atoms with E-state index >= 15 is 0 Å². The minimum Gasteiger partial charge on any atom is -0.497 e. The summed E-state index contributed by atoms with van der Waals surface area (Å²) in [6, 6.07) is 15.7. The Hall–Kier alpha value is -2.75. The molecule has 0 aromatic heterocycles. The predicted molar refractivity (Wildman–Crippen MR) is 108 cm³/mol. The number of anilines is 2. The van der Waals surface area contributed by atoms with Crippen LogP contribution in [0.15, 0.2) is 54.6 Å². The number of nitrogens with one attached hydrogen (secondary N) is 1. The molecule has 2 aromatic carbocycles. The highest BCUT2D eigenvalue weighted by molar-refractivity contribution is 6.02. The molecule has 2 aromatic rings. The van der Waals surface area contributed by atoms with E-state index in [9.17, 15) is 4.79 Å². The van der Waals surface area contributed by atoms with Crippen molar-refractivity contribution in [3.63, 3.8) is 0 Å². The number of amides is 1. The van der Waals surface area contributed by atoms with Gasteiger partial charge in [0.15, 0.2) is 0 Å². The minimum atomic E-state index is -0.139. The molecular weight excluding hydrogens is 324 g/mol. The number of benzene rings is 2. The molecule has 1 N–H and O–H groups in total. The second-order valence-corrected chi connectivity index (χ2v) is 6.81. The molecular formula is C22H26N2O2. The van der Waals surface area contributed by atoms with Crippen LogP contribution in [0, 0.1) is 5.92 Å². The molecule has 0 aliphatic carbocycles. The van der Waals surface area contributed by atoms with Gasteiger partial charge in [0.1, 0.15) is 5.75 Å². The maximum atomic E-state index is 12.1. The Morgan fingerprint density at radius 1 is 1.08 bits per heavy atom. The van der Waals surface area contributed by atoms with Gasteiger partial charge in [-0.15, -0.1) is 0 Å². The van der Waals surface area contributed by atoms with Gasteiger partial charge in [-0.2, -0.15) is 0 Å². The summed E-state index contributed by atoms with van der Waals surface area (Å²) in [5, 5.41) is 2.90. The number of hydrogen-bond acceptors (Lipinski definition) is 3. The van der Waals surface area contributed by atoms with Crippen molar-refractivity contribution in [2.45, 2.75) is 19.8 Å². The van der Waals surface area contributed by atoms with E-state index in [1.165, 1.54) is 18.5 Å². The van der Waals surface area contributed by atoms with E-state index in [1.807, 2.05) is 36.4 Å². The Morgan fingerprint density at radius 3 is 2.35 bits per heavy atom. The molecule has 0 atom stereocenters. The number of carbonyl (C=O) groups excluding carboxylic acids is 1. The van der Waals surface area contributed by atoms with E-state index in [-0.39, 0.29) is 5.91 Å². The summed E-state index contributed by atoms with van der Waals surface area (Å²) in [5.41, 5.74) is 2.99. The number of methoxy groups -OCH3 is 1. The topological polar surface area (TPSA) is 41.6 Å². The Morgan fingerprint density at radius 2 is 1.73 bits per heavy atom. The van der Waals surface area contributed by atoms with Gasteiger partial charge in [-0.1, -0.05) is 19.1 Å². The number of rotatable bonds is 5. The number of piperidine rings is 1. The third kappa shape index (κ3) is 4.88. The summed E-state index contributed by atoms with van der Waals surface area (Å²) in [6.45, 7) is 4.53. The smallest absolute Gasteiger partial charge is 0.248 e. The van der Waals surface area contributed by atoms with Crippen molar-refractivity contribution in [1.82, 2.24) is 0 Å². The summed E-state index contributed by atoms with van der Waals surface area (Å²) < 4.78 is 5.13. The molecule has 1 aliphatic rings. The van der Waals surface area contributed by atoms with E-state index in [2.05, 4.69) is 29.3 Å². The van der Waals surface area contributed by atoms with Crippen molar-refractivity contribution >= 4 is 23.4 Å². The highest BCUT2D eigenvalue weighted by atomic mass is 16.5. The van der Waals surface area contributed by atoms with Crippen LogP contribution in [0.1, 0.15) is 25.3 Å². The SMILES string of the molecule is COc1ccc(/C=C/C(=O)Nc2ccc(N3CCC(C)CC3)cc2)cc1. The van der Waals surface area contributed by atoms with E-state index in [0.717, 1.165) is 36.0 Å². The standard InChI is InChI=1S/C22H26N2O2/c1-17-13-15-24(16-14-17)20-8-6-19(7-9-20)23-22(25)12-5-18-3-10-21(26-2)11-4-18/h3-12,17H,13-16H2,1-2H3,(H,23,25)/b12-5+. The number of ether oxygens (including phenoxy) is 1. The Bertz CT molecular complexity index is 743. The van der Waals surface area contributed by atoms with Crippen molar-refractivity contribution in [1.29, 1.82) is 0 Å². The van der Waals surface area contributed by atoms with Gasteiger partial charge < -0.3 is 15.0 Å². The first-order chi connectivity index (χ1) is 12.6. The molecule has 4 heteroatoms. The van der Waals surface area contributed by atoms with Crippen LogP contribution in [0.3, 0.4) is 0 Å². The quantitative estimate of drug-likeness (QED) is 0.802. The Balaban J connectivity index is 1.54. The average Bonchev–Trinajstić information content (AvgIpc) is 2.68. The zero-order valence-electron chi connectivity index (χ0n) is 15.4. The van der Waals surface area contributed by atoms with E-state index < -0.39 is 0 Å². The molecule has 26 heavy (non-hydrogen) atoms. The lowest BCUT2D eigenvalue weighted by Gasteiger charge is -2.32. The van der Waals surface area contributed by atoms with Crippen LogP contribution in [0.2, 0.25) is 0 Å². The van der Waals surface area contributed by atoms with Crippen LogP contribution in [0.25, 0.3) is 6.08 Å². The summed E-state index contributed by atoms with van der Waals surface area (Å²) in [6.07, 6.45) is 5.82. The van der Waals surface area contributed by atoms with Gasteiger partial charge in [-0.05, 0) is 66.8 Å². The van der Waals surface area contributed by atoms with E-state index in [0.29, 0.717) is 0 Å². The molecule has 0 saturated carbocycles. The zero-order valence-corrected chi connectivity index (χ0v) is 15.4. The molecule has 1 heterocycles. The Labute approximate surface area is 155 Å². The van der Waals surface area contributed by atoms with Gasteiger partial charge in [0.25, 0.3) is 0 Å². The highest BCUT2D eigenvalue weighted by Crippen LogP contribution is 2.24. The largest absolute Gasteiger partial charge is 0.497 e. The van der Waals surface area contributed by atoms with Crippen LogP contribution in [0.5, 0.6) is 5.75 Å². The molecule has 4 nitrogen and oxygen atoms in total. The summed E-state index contributed by atoms with van der Waals surface area (Å²) in [5.74, 6) is 1.48. The van der Waals surface area contributed by atoms with Gasteiger partial charge in [0.2, 0.25) is 5.91 Å². The third-order valence-corrected chi connectivity index (χ3v) is 4.83. The monoisotopic (exact) mass is 350 g/mol. The molecule has 1 saturated heterocycles. The molecule has 0 spiro atoms.